The quantitative estimate of drug-likeness (QED) is 0.0353. The number of carbonyl (C=O) groups is 2. The number of carbonyl (C=O) groups excluding carboxylic acids is 2. The van der Waals surface area contributed by atoms with Crippen LogP contribution < -0.4 is 0 Å². The molecule has 0 saturated carbocycles. The molecule has 1 aliphatic heterocycles. The van der Waals surface area contributed by atoms with Gasteiger partial charge < -0.3 is 54.7 Å². The average molecular weight is 653 g/mol. The molecule has 1 fully saturated rings. The predicted molar refractivity (Wildman–Crippen MR) is 168 cm³/mol. The Kier molecular flexibility index (Phi) is 19.3. The van der Waals surface area contributed by atoms with E-state index >= 15 is 0 Å². The van der Waals surface area contributed by atoms with Crippen molar-refractivity contribution < 1.29 is 64.3 Å². The number of ether oxygens (including phenoxy) is 4. The molecule has 0 spiro atoms. The second kappa shape index (κ2) is 21.7. The minimum Gasteiger partial charge on any atom is -0.429 e. The Balaban J connectivity index is 2.82. The van der Waals surface area contributed by atoms with Crippen molar-refractivity contribution in [3.8, 4) is 0 Å². The maximum absolute atomic E-state index is 12.7. The fraction of sp³-hybridized carbons (Fsp3) is 0.515. The minimum absolute atomic E-state index is 0.140. The molecule has 1 rings (SSSR count). The van der Waals surface area contributed by atoms with Gasteiger partial charge in [-0.3, -0.25) is 4.79 Å². The van der Waals surface area contributed by atoms with Crippen LogP contribution in [0.15, 0.2) is 83.1 Å². The minimum atomic E-state index is -1.80. The van der Waals surface area contributed by atoms with E-state index in [-0.39, 0.29) is 5.57 Å². The summed E-state index contributed by atoms with van der Waals surface area (Å²) >= 11 is 0. The topological polar surface area (TPSA) is 213 Å². The molecule has 0 aromatic rings. The molecule has 13 nitrogen and oxygen atoms in total. The Morgan fingerprint density at radius 2 is 1.37 bits per heavy atom. The zero-order valence-corrected chi connectivity index (χ0v) is 26.7. The fourth-order valence-electron chi connectivity index (χ4n) is 3.68. The number of hydrogen-bond acceptors (Lipinski definition) is 13. The zero-order chi connectivity index (χ0) is 34.8. The van der Waals surface area contributed by atoms with Crippen molar-refractivity contribution in [1.29, 1.82) is 0 Å². The molecule has 0 bridgehead atoms. The molecule has 7 N–H and O–H groups in total. The van der Waals surface area contributed by atoms with Crippen LogP contribution in [0.25, 0.3) is 0 Å². The van der Waals surface area contributed by atoms with Gasteiger partial charge in [-0.05, 0) is 40.2 Å². The van der Waals surface area contributed by atoms with Gasteiger partial charge in [-0.1, -0.05) is 71.9 Å². The third-order valence-corrected chi connectivity index (χ3v) is 6.61. The van der Waals surface area contributed by atoms with E-state index in [0.29, 0.717) is 5.57 Å². The third-order valence-electron chi connectivity index (χ3n) is 6.61. The fourth-order valence-corrected chi connectivity index (χ4v) is 3.68. The largest absolute Gasteiger partial charge is 0.429 e. The molecule has 0 amide bonds. The Morgan fingerprint density at radius 3 is 1.89 bits per heavy atom. The summed E-state index contributed by atoms with van der Waals surface area (Å²) < 4.78 is 21.4. The van der Waals surface area contributed by atoms with Gasteiger partial charge in [0, 0.05) is 5.57 Å². The van der Waals surface area contributed by atoms with Gasteiger partial charge in [-0.15, -0.1) is 0 Å². The van der Waals surface area contributed by atoms with E-state index in [1.165, 1.54) is 19.9 Å². The van der Waals surface area contributed by atoms with Gasteiger partial charge >= 0.3 is 5.97 Å². The highest BCUT2D eigenvalue weighted by Crippen LogP contribution is 2.24. The summed E-state index contributed by atoms with van der Waals surface area (Å²) in [5, 5.41) is 69.5. The van der Waals surface area contributed by atoms with Crippen LogP contribution in [0.4, 0.5) is 0 Å². The van der Waals surface area contributed by atoms with Crippen molar-refractivity contribution in [3.05, 3.63) is 83.1 Å². The zero-order valence-electron chi connectivity index (χ0n) is 26.7. The van der Waals surface area contributed by atoms with E-state index in [1.54, 1.807) is 31.2 Å². The van der Waals surface area contributed by atoms with Gasteiger partial charge in [0.05, 0.1) is 25.9 Å². The SMILES string of the molecule is C\C(C=O)=C/C=C/C(C)=C/C=C/C=C(C)/C=C/C=C(\C)C(=O)OC1OC(COC(OC(CO)[C@H](C)O)[C@@H](O)CO)C(O)C(O)C1O. The van der Waals surface area contributed by atoms with Crippen molar-refractivity contribution in [3.63, 3.8) is 0 Å². The molecule has 1 aliphatic rings. The second-order valence-electron chi connectivity index (χ2n) is 10.8. The lowest BCUT2D eigenvalue weighted by Gasteiger charge is -2.40. The van der Waals surface area contributed by atoms with Crippen molar-refractivity contribution >= 4 is 12.3 Å². The van der Waals surface area contributed by atoms with Crippen LogP contribution in [0, 0.1) is 0 Å². The first-order valence-corrected chi connectivity index (χ1v) is 14.7. The first-order chi connectivity index (χ1) is 21.7. The lowest BCUT2D eigenvalue weighted by Crippen LogP contribution is -2.60. The highest BCUT2D eigenvalue weighted by atomic mass is 16.7. The molecule has 0 aromatic heterocycles. The molecular formula is C33H48O13. The Hall–Kier alpha value is -3.08. The average Bonchev–Trinajstić information content (AvgIpc) is 3.03. The van der Waals surface area contributed by atoms with Crippen molar-refractivity contribution in [1.82, 2.24) is 0 Å². The molecule has 0 radical (unpaired) electrons. The van der Waals surface area contributed by atoms with Gasteiger partial charge in [-0.25, -0.2) is 4.79 Å². The van der Waals surface area contributed by atoms with E-state index in [2.05, 4.69) is 0 Å². The molecule has 9 atom stereocenters. The normalized spacial score (nSPS) is 26.5. The number of aliphatic hydroxyl groups is 7. The van der Waals surface area contributed by atoms with E-state index in [9.17, 15) is 45.3 Å². The highest BCUT2D eigenvalue weighted by Gasteiger charge is 2.46. The molecule has 0 aliphatic carbocycles. The third kappa shape index (κ3) is 14.6. The van der Waals surface area contributed by atoms with E-state index in [0.717, 1.165) is 17.4 Å². The Labute approximate surface area is 269 Å². The Bertz CT molecular complexity index is 1160. The van der Waals surface area contributed by atoms with Crippen molar-refractivity contribution in [2.45, 2.75) is 89.9 Å². The number of aldehydes is 1. The summed E-state index contributed by atoms with van der Waals surface area (Å²) in [6.07, 6.45) is 4.58. The van der Waals surface area contributed by atoms with Gasteiger partial charge in [0.25, 0.3) is 0 Å². The molecule has 0 aromatic carbocycles. The van der Waals surface area contributed by atoms with Gasteiger partial charge in [-0.2, -0.15) is 0 Å². The molecule has 258 valence electrons. The second-order valence-corrected chi connectivity index (χ2v) is 10.8. The number of esters is 1. The number of aliphatic hydroxyl groups excluding tert-OH is 7. The lowest BCUT2D eigenvalue weighted by molar-refractivity contribution is -0.308. The molecule has 13 heteroatoms. The summed E-state index contributed by atoms with van der Waals surface area (Å²) in [6, 6.07) is 0. The number of rotatable bonds is 18. The molecule has 46 heavy (non-hydrogen) atoms. The number of hydrogen-bond donors (Lipinski definition) is 7. The van der Waals surface area contributed by atoms with Crippen LogP contribution in [-0.4, -0.2) is 123 Å². The van der Waals surface area contributed by atoms with Crippen LogP contribution in [0.1, 0.15) is 34.6 Å². The van der Waals surface area contributed by atoms with E-state index in [4.69, 9.17) is 18.9 Å². The maximum atomic E-state index is 12.7. The van der Waals surface area contributed by atoms with Gasteiger partial charge in [0.2, 0.25) is 6.29 Å². The molecule has 1 heterocycles. The van der Waals surface area contributed by atoms with Gasteiger partial charge in [0.15, 0.2) is 6.29 Å². The monoisotopic (exact) mass is 652 g/mol. The van der Waals surface area contributed by atoms with E-state index in [1.807, 2.05) is 44.2 Å². The number of allylic oxidation sites excluding steroid dienone is 13. The van der Waals surface area contributed by atoms with Crippen LogP contribution in [0.5, 0.6) is 0 Å². The van der Waals surface area contributed by atoms with Crippen LogP contribution in [0.2, 0.25) is 0 Å². The summed E-state index contributed by atoms with van der Waals surface area (Å²) in [5.74, 6) is -0.870. The summed E-state index contributed by atoms with van der Waals surface area (Å²) in [6.45, 7) is 6.30. The first-order valence-electron chi connectivity index (χ1n) is 14.7. The molecule has 7 unspecified atom stereocenters. The predicted octanol–water partition coefficient (Wildman–Crippen LogP) is 0.444. The lowest BCUT2D eigenvalue weighted by atomic mass is 9.99. The van der Waals surface area contributed by atoms with Crippen molar-refractivity contribution in [2.24, 2.45) is 0 Å². The van der Waals surface area contributed by atoms with Gasteiger partial charge in [0.1, 0.15) is 42.9 Å². The summed E-state index contributed by atoms with van der Waals surface area (Å²) in [7, 11) is 0. The summed E-state index contributed by atoms with van der Waals surface area (Å²) in [5.41, 5.74) is 2.63. The first kappa shape index (κ1) is 40.9. The summed E-state index contributed by atoms with van der Waals surface area (Å²) in [4.78, 5) is 23.3. The standard InChI is InChI=1S/C33H48O13/c1-20(12-8-14-22(3)16-34)10-6-7-11-21(2)13-9-15-23(4)31(42)46-33-30(41)29(40)28(39)27(45-33)19-43-32(25(38)17-35)44-26(18-36)24(5)37/h6-16,24-30,32-33,35-41H,17-19H2,1-5H3/b7-6+,12-8+,13-9+,20-10+,21-11+,22-14+,23-15+/t24-,25-,26?,27?,28?,29?,30?,32?,33?/m0/s1. The molecular weight excluding hydrogens is 604 g/mol. The van der Waals surface area contributed by atoms with Crippen LogP contribution >= 0.6 is 0 Å². The van der Waals surface area contributed by atoms with E-state index < -0.39 is 81.1 Å². The highest BCUT2D eigenvalue weighted by molar-refractivity contribution is 5.88. The Morgan fingerprint density at radius 1 is 0.804 bits per heavy atom. The smallest absolute Gasteiger partial charge is 0.336 e. The van der Waals surface area contributed by atoms with Crippen molar-refractivity contribution in [2.75, 3.05) is 19.8 Å². The molecule has 1 saturated heterocycles. The maximum Gasteiger partial charge on any atom is 0.336 e. The van der Waals surface area contributed by atoms with Crippen LogP contribution in [-0.2, 0) is 28.5 Å². The van der Waals surface area contributed by atoms with Crippen LogP contribution in [0.3, 0.4) is 0 Å².